The van der Waals surface area contributed by atoms with Crippen molar-refractivity contribution in [2.24, 2.45) is 11.8 Å². The van der Waals surface area contributed by atoms with E-state index in [-0.39, 0.29) is 17.9 Å². The third-order valence-corrected chi connectivity index (χ3v) is 6.23. The first-order valence-electron chi connectivity index (χ1n) is 11.0. The van der Waals surface area contributed by atoms with Crippen LogP contribution in [0.25, 0.3) is 6.08 Å². The van der Waals surface area contributed by atoms with Crippen LogP contribution in [0, 0.1) is 11.8 Å². The molecule has 2 rings (SSSR count). The van der Waals surface area contributed by atoms with Gasteiger partial charge < -0.3 is 13.7 Å². The molecular weight excluding hydrogens is 481 g/mol. The second-order valence-corrected chi connectivity index (χ2v) is 9.87. The molecule has 0 spiro atoms. The van der Waals surface area contributed by atoms with Gasteiger partial charge in [-0.3, -0.25) is 0 Å². The fourth-order valence-corrected chi connectivity index (χ4v) is 4.09. The molecule has 0 unspecified atom stereocenters. The first-order valence-corrected chi connectivity index (χ1v) is 12.5. The zero-order valence-corrected chi connectivity index (χ0v) is 21.0. The molecule has 0 bridgehead atoms. The van der Waals surface area contributed by atoms with E-state index in [2.05, 4.69) is 11.1 Å². The zero-order valence-electron chi connectivity index (χ0n) is 20.2. The van der Waals surface area contributed by atoms with Crippen LogP contribution in [0.15, 0.2) is 72.3 Å². The molecule has 0 heterocycles. The Kier molecular flexibility index (Phi) is 10.5. The van der Waals surface area contributed by atoms with E-state index in [1.807, 2.05) is 50.3 Å². The van der Waals surface area contributed by atoms with Gasteiger partial charge in [-0.25, -0.2) is 0 Å². The Morgan fingerprint density at radius 3 is 2.37 bits per heavy atom. The number of halogens is 3. The van der Waals surface area contributed by atoms with Crippen molar-refractivity contribution >= 4 is 16.2 Å². The highest BCUT2D eigenvalue weighted by Gasteiger charge is 2.48. The Bertz CT molecular complexity index is 1100. The molecule has 2 aromatic carbocycles. The average molecular weight is 513 g/mol. The van der Waals surface area contributed by atoms with Gasteiger partial charge >= 0.3 is 15.6 Å². The van der Waals surface area contributed by atoms with Crippen molar-refractivity contribution in [1.82, 2.24) is 0 Å². The summed E-state index contributed by atoms with van der Waals surface area (Å²) in [7, 11) is -4.06. The molecule has 0 N–H and O–H groups in total. The van der Waals surface area contributed by atoms with Gasteiger partial charge in [-0.05, 0) is 30.2 Å². The molecule has 0 amide bonds. The maximum atomic E-state index is 12.5. The lowest BCUT2D eigenvalue weighted by atomic mass is 9.92. The number of methoxy groups -OCH3 is 1. The highest BCUT2D eigenvalue weighted by molar-refractivity contribution is 7.88. The normalized spacial score (nSPS) is 15.7. The van der Waals surface area contributed by atoms with Crippen molar-refractivity contribution in [3.05, 3.63) is 83.4 Å². The summed E-state index contributed by atoms with van der Waals surface area (Å²) < 4.78 is 75.8. The minimum atomic E-state index is -5.72. The van der Waals surface area contributed by atoms with Crippen LogP contribution in [-0.4, -0.2) is 33.7 Å². The zero-order chi connectivity index (χ0) is 26.1. The molecule has 0 aliphatic heterocycles. The van der Waals surface area contributed by atoms with E-state index >= 15 is 0 Å². The predicted molar refractivity (Wildman–Crippen MR) is 130 cm³/mol. The Morgan fingerprint density at radius 2 is 1.74 bits per heavy atom. The molecule has 0 saturated carbocycles. The van der Waals surface area contributed by atoms with Crippen molar-refractivity contribution in [2.45, 2.75) is 39.0 Å². The van der Waals surface area contributed by atoms with Crippen molar-refractivity contribution in [3.63, 3.8) is 0 Å². The Labute approximate surface area is 205 Å². The first kappa shape index (κ1) is 28.6. The molecule has 35 heavy (non-hydrogen) atoms. The van der Waals surface area contributed by atoms with Crippen molar-refractivity contribution in [2.75, 3.05) is 13.7 Å². The molecule has 9 heteroatoms. The van der Waals surface area contributed by atoms with Gasteiger partial charge in [0.05, 0.1) is 19.3 Å². The fraction of sp³-hybridized carbons (Fsp3) is 0.385. The highest BCUT2D eigenvalue weighted by atomic mass is 32.2. The Hall–Kier alpha value is -2.62. The van der Waals surface area contributed by atoms with Gasteiger partial charge in [-0.1, -0.05) is 80.1 Å². The quantitative estimate of drug-likeness (QED) is 0.188. The van der Waals surface area contributed by atoms with Gasteiger partial charge in [-0.2, -0.15) is 21.6 Å². The number of allylic oxidation sites excluding steroid dienone is 2. The van der Waals surface area contributed by atoms with Crippen LogP contribution in [0.5, 0.6) is 5.75 Å². The van der Waals surface area contributed by atoms with Crippen molar-refractivity contribution in [1.29, 1.82) is 0 Å². The Balaban J connectivity index is 1.98. The summed E-state index contributed by atoms with van der Waals surface area (Å²) in [6.45, 7) is 7.06. The van der Waals surface area contributed by atoms with Gasteiger partial charge in [0.2, 0.25) is 0 Å². The molecular formula is C26H31F3O5S. The van der Waals surface area contributed by atoms with Crippen molar-refractivity contribution < 1.29 is 35.2 Å². The van der Waals surface area contributed by atoms with Crippen LogP contribution in [-0.2, 0) is 26.2 Å². The summed E-state index contributed by atoms with van der Waals surface area (Å²) in [5, 5.41) is 0. The lowest BCUT2D eigenvalue weighted by Gasteiger charge is -2.27. The summed E-state index contributed by atoms with van der Waals surface area (Å²) in [5.74, 6) is -0.217. The van der Waals surface area contributed by atoms with Gasteiger partial charge in [0.1, 0.15) is 5.75 Å². The largest absolute Gasteiger partial charge is 0.534 e. The summed E-state index contributed by atoms with van der Waals surface area (Å²) in [5.41, 5.74) is -2.99. The summed E-state index contributed by atoms with van der Waals surface area (Å²) in [4.78, 5) is 0. The maximum absolute atomic E-state index is 12.5. The van der Waals surface area contributed by atoms with Crippen LogP contribution in [0.2, 0.25) is 0 Å². The van der Waals surface area contributed by atoms with Crippen LogP contribution >= 0.6 is 0 Å². The van der Waals surface area contributed by atoms with Crippen LogP contribution in [0.4, 0.5) is 13.2 Å². The molecule has 0 saturated heterocycles. The number of alkyl halides is 3. The van der Waals surface area contributed by atoms with Gasteiger partial charge in [0, 0.05) is 18.9 Å². The third-order valence-electron chi connectivity index (χ3n) is 5.26. The third kappa shape index (κ3) is 9.16. The summed E-state index contributed by atoms with van der Waals surface area (Å²) >= 11 is 0. The second kappa shape index (κ2) is 12.9. The van der Waals surface area contributed by atoms with Gasteiger partial charge in [-0.15, -0.1) is 0 Å². The van der Waals surface area contributed by atoms with E-state index < -0.39 is 21.4 Å². The van der Waals surface area contributed by atoms with E-state index in [1.54, 1.807) is 25.3 Å². The van der Waals surface area contributed by atoms with E-state index in [0.717, 1.165) is 17.2 Å². The first-order chi connectivity index (χ1) is 16.4. The number of rotatable bonds is 12. The van der Waals surface area contributed by atoms with E-state index in [9.17, 15) is 21.6 Å². The van der Waals surface area contributed by atoms with Crippen LogP contribution in [0.3, 0.4) is 0 Å². The highest BCUT2D eigenvalue weighted by Crippen LogP contribution is 2.27. The van der Waals surface area contributed by atoms with E-state index in [0.29, 0.717) is 18.8 Å². The lowest BCUT2D eigenvalue weighted by Crippen LogP contribution is -2.30. The molecule has 5 nitrogen and oxygen atoms in total. The summed E-state index contributed by atoms with van der Waals surface area (Å²) in [6, 6.07) is 15.3. The fourth-order valence-electron chi connectivity index (χ4n) is 3.63. The molecule has 0 aromatic heterocycles. The molecule has 0 fully saturated rings. The number of hydrogen-bond donors (Lipinski definition) is 0. The second-order valence-electron chi connectivity index (χ2n) is 8.34. The van der Waals surface area contributed by atoms with Crippen LogP contribution in [0.1, 0.15) is 31.9 Å². The van der Waals surface area contributed by atoms with E-state index in [4.69, 9.17) is 9.47 Å². The molecule has 2 aromatic rings. The molecule has 0 aliphatic carbocycles. The summed E-state index contributed by atoms with van der Waals surface area (Å²) in [6.07, 6.45) is 5.41. The van der Waals surface area contributed by atoms with Gasteiger partial charge in [0.15, 0.2) is 0 Å². The monoisotopic (exact) mass is 512 g/mol. The molecule has 0 aliphatic rings. The van der Waals surface area contributed by atoms with Crippen molar-refractivity contribution in [3.8, 4) is 5.75 Å². The Morgan fingerprint density at radius 1 is 1.06 bits per heavy atom. The average Bonchev–Trinajstić information content (AvgIpc) is 2.78. The number of benzene rings is 2. The van der Waals surface area contributed by atoms with E-state index in [1.165, 1.54) is 12.1 Å². The van der Waals surface area contributed by atoms with Crippen LogP contribution < -0.4 is 4.18 Å². The SMILES string of the molecule is CO[C@H]([C@@H](C)/C=C(C)/C=C/c1cccc(OS(=O)(=O)C(F)(F)F)c1)[C@@H](C)COCc1ccccc1. The molecule has 0 radical (unpaired) electrons. The lowest BCUT2D eigenvalue weighted by molar-refractivity contribution is -0.0500. The number of hydrogen-bond acceptors (Lipinski definition) is 5. The smallest absolute Gasteiger partial charge is 0.380 e. The number of ether oxygens (including phenoxy) is 2. The molecule has 3 atom stereocenters. The standard InChI is InChI=1S/C26H31F3O5S/c1-19(13-14-22-11-8-12-24(16-22)34-35(30,31)26(27,28)29)15-20(2)25(32-4)21(3)17-33-18-23-9-6-5-7-10-23/h5-16,20-21,25H,17-18H2,1-4H3/b14-13+,19-15+/t20-,21-,25+/m0/s1. The minimum Gasteiger partial charge on any atom is -0.380 e. The van der Waals surface area contributed by atoms with Gasteiger partial charge in [0.25, 0.3) is 0 Å². The molecule has 192 valence electrons. The predicted octanol–water partition coefficient (Wildman–Crippen LogP) is 6.38. The topological polar surface area (TPSA) is 61.8 Å². The minimum absolute atomic E-state index is 0.0616. The maximum Gasteiger partial charge on any atom is 0.534 e.